The fourth-order valence-electron chi connectivity index (χ4n) is 2.34. The molecule has 5 nitrogen and oxygen atoms in total. The Morgan fingerprint density at radius 1 is 1.11 bits per heavy atom. The number of alkyl halides is 3. The molecule has 2 aromatic rings. The van der Waals surface area contributed by atoms with Crippen molar-refractivity contribution in [1.82, 2.24) is 5.32 Å². The van der Waals surface area contributed by atoms with Crippen molar-refractivity contribution in [3.63, 3.8) is 0 Å². The molecule has 140 valence electrons. The van der Waals surface area contributed by atoms with E-state index in [0.29, 0.717) is 5.56 Å². The number of carbonyl (C=O) groups is 2. The highest BCUT2D eigenvalue weighted by Crippen LogP contribution is 2.37. The predicted octanol–water partition coefficient (Wildman–Crippen LogP) is 4.84. The number of phenols is 1. The smallest absolute Gasteiger partial charge is 0.416 e. The number of thioether (sulfide) groups is 1. The molecule has 9 heteroatoms. The van der Waals surface area contributed by atoms with Gasteiger partial charge in [-0.3, -0.25) is 14.9 Å². The second kappa shape index (κ2) is 6.99. The van der Waals surface area contributed by atoms with Crippen LogP contribution in [-0.2, 0) is 11.0 Å². The molecular formula is C18H12F3NO4S. The highest BCUT2D eigenvalue weighted by molar-refractivity contribution is 8.18. The van der Waals surface area contributed by atoms with Gasteiger partial charge in [-0.25, -0.2) is 0 Å². The third-order valence-electron chi connectivity index (χ3n) is 3.64. The molecule has 0 spiro atoms. The molecule has 1 fully saturated rings. The SMILES string of the molecule is Cc1cc(C(F)(F)F)ccc1Oc1ccc(/C=C2\SC(=O)NC2=O)cc1O. The quantitative estimate of drug-likeness (QED) is 0.728. The van der Waals surface area contributed by atoms with Crippen molar-refractivity contribution in [2.45, 2.75) is 13.1 Å². The molecule has 2 aromatic carbocycles. The number of hydrogen-bond donors (Lipinski definition) is 2. The molecule has 0 aliphatic carbocycles. The summed E-state index contributed by atoms with van der Waals surface area (Å²) in [6, 6.07) is 7.30. The second-order valence-corrected chi connectivity index (χ2v) is 6.67. The lowest BCUT2D eigenvalue weighted by atomic mass is 10.1. The maximum atomic E-state index is 12.7. The number of phenolic OH excluding ortho intramolecular Hbond substituents is 1. The number of ether oxygens (including phenoxy) is 1. The van der Waals surface area contributed by atoms with Gasteiger partial charge in [-0.1, -0.05) is 6.07 Å². The van der Waals surface area contributed by atoms with Gasteiger partial charge in [0.05, 0.1) is 10.5 Å². The monoisotopic (exact) mass is 395 g/mol. The largest absolute Gasteiger partial charge is 0.504 e. The van der Waals surface area contributed by atoms with Crippen LogP contribution in [0.1, 0.15) is 16.7 Å². The molecular weight excluding hydrogens is 383 g/mol. The summed E-state index contributed by atoms with van der Waals surface area (Å²) in [6.45, 7) is 1.47. The maximum absolute atomic E-state index is 12.7. The number of aryl methyl sites for hydroxylation is 1. The Morgan fingerprint density at radius 3 is 2.37 bits per heavy atom. The van der Waals surface area contributed by atoms with E-state index in [1.165, 1.54) is 37.3 Å². The Kier molecular flexibility index (Phi) is 4.88. The molecule has 0 atom stereocenters. The fourth-order valence-corrected chi connectivity index (χ4v) is 3.02. The van der Waals surface area contributed by atoms with E-state index in [0.717, 1.165) is 23.9 Å². The van der Waals surface area contributed by atoms with Gasteiger partial charge in [0, 0.05) is 0 Å². The molecule has 0 aromatic heterocycles. The van der Waals surface area contributed by atoms with Crippen LogP contribution in [0.15, 0.2) is 41.3 Å². The van der Waals surface area contributed by atoms with Crippen molar-refractivity contribution >= 4 is 29.0 Å². The van der Waals surface area contributed by atoms with E-state index >= 15 is 0 Å². The average molecular weight is 395 g/mol. The summed E-state index contributed by atoms with van der Waals surface area (Å²) in [5, 5.41) is 11.7. The summed E-state index contributed by atoms with van der Waals surface area (Å²) in [5.41, 5.74) is -0.0790. The van der Waals surface area contributed by atoms with Crippen LogP contribution in [0, 0.1) is 6.92 Å². The van der Waals surface area contributed by atoms with Crippen molar-refractivity contribution in [3.8, 4) is 17.2 Å². The zero-order chi connectivity index (χ0) is 19.8. The lowest BCUT2D eigenvalue weighted by Gasteiger charge is -2.13. The lowest BCUT2D eigenvalue weighted by Crippen LogP contribution is -2.17. The Bertz CT molecular complexity index is 970. The normalized spacial score (nSPS) is 15.9. The molecule has 0 saturated carbocycles. The minimum atomic E-state index is -4.45. The number of rotatable bonds is 3. The second-order valence-electron chi connectivity index (χ2n) is 5.66. The highest BCUT2D eigenvalue weighted by atomic mass is 32.2. The highest BCUT2D eigenvalue weighted by Gasteiger charge is 2.31. The number of benzene rings is 2. The van der Waals surface area contributed by atoms with Crippen LogP contribution in [0.5, 0.6) is 17.2 Å². The van der Waals surface area contributed by atoms with Gasteiger partial charge in [0.15, 0.2) is 11.5 Å². The summed E-state index contributed by atoms with van der Waals surface area (Å²) in [7, 11) is 0. The topological polar surface area (TPSA) is 75.6 Å². The Balaban J connectivity index is 1.82. The van der Waals surface area contributed by atoms with E-state index in [9.17, 15) is 27.9 Å². The number of nitrogens with one attached hydrogen (secondary N) is 1. The number of carbonyl (C=O) groups excluding carboxylic acids is 2. The van der Waals surface area contributed by atoms with Crippen molar-refractivity contribution in [2.75, 3.05) is 0 Å². The number of imide groups is 1. The summed E-state index contributed by atoms with van der Waals surface area (Å²) in [6.07, 6.45) is -3.02. The molecule has 2 amide bonds. The number of hydrogen-bond acceptors (Lipinski definition) is 5. The van der Waals surface area contributed by atoms with Crippen LogP contribution in [0.4, 0.5) is 18.0 Å². The maximum Gasteiger partial charge on any atom is 0.416 e. The van der Waals surface area contributed by atoms with E-state index in [1.54, 1.807) is 0 Å². The van der Waals surface area contributed by atoms with E-state index in [-0.39, 0.29) is 27.7 Å². The molecule has 1 aliphatic heterocycles. The van der Waals surface area contributed by atoms with Gasteiger partial charge in [0.2, 0.25) is 0 Å². The first-order chi connectivity index (χ1) is 12.6. The van der Waals surface area contributed by atoms with Crippen molar-refractivity contribution < 1.29 is 32.6 Å². The third-order valence-corrected chi connectivity index (χ3v) is 4.46. The molecule has 0 radical (unpaired) electrons. The van der Waals surface area contributed by atoms with Gasteiger partial charge in [-0.2, -0.15) is 13.2 Å². The van der Waals surface area contributed by atoms with Crippen LogP contribution in [0.2, 0.25) is 0 Å². The molecule has 1 aliphatic rings. The zero-order valence-electron chi connectivity index (χ0n) is 13.8. The molecule has 1 saturated heterocycles. The molecule has 1 heterocycles. The van der Waals surface area contributed by atoms with Gasteiger partial charge >= 0.3 is 6.18 Å². The van der Waals surface area contributed by atoms with Crippen molar-refractivity contribution in [1.29, 1.82) is 0 Å². The molecule has 0 bridgehead atoms. The molecule has 0 unspecified atom stereocenters. The van der Waals surface area contributed by atoms with Crippen LogP contribution in [0.3, 0.4) is 0 Å². The standard InChI is InChI=1S/C18H12F3NO4S/c1-9-6-11(18(19,20)21)3-5-13(9)26-14-4-2-10(7-12(14)23)8-15-16(24)22-17(25)27-15/h2-8,23H,1H3,(H,22,24,25)/b15-8-. The zero-order valence-corrected chi connectivity index (χ0v) is 14.6. The van der Waals surface area contributed by atoms with E-state index in [4.69, 9.17) is 4.74 Å². The van der Waals surface area contributed by atoms with Gasteiger partial charge in [-0.15, -0.1) is 0 Å². The minimum Gasteiger partial charge on any atom is -0.504 e. The van der Waals surface area contributed by atoms with Crippen LogP contribution >= 0.6 is 11.8 Å². The summed E-state index contributed by atoms with van der Waals surface area (Å²) >= 11 is 0.743. The first-order valence-electron chi connectivity index (χ1n) is 7.57. The van der Waals surface area contributed by atoms with Crippen LogP contribution in [0.25, 0.3) is 6.08 Å². The molecule has 2 N–H and O–H groups in total. The third kappa shape index (κ3) is 4.25. The van der Waals surface area contributed by atoms with Gasteiger partial charge in [0.25, 0.3) is 11.1 Å². The van der Waals surface area contributed by atoms with Gasteiger partial charge < -0.3 is 9.84 Å². The Hall–Kier alpha value is -2.94. The van der Waals surface area contributed by atoms with E-state index in [2.05, 4.69) is 5.32 Å². The van der Waals surface area contributed by atoms with Gasteiger partial charge in [-0.05, 0) is 66.2 Å². The predicted molar refractivity (Wildman–Crippen MR) is 93.5 cm³/mol. The number of aromatic hydroxyl groups is 1. The molecule has 3 rings (SSSR count). The Labute approximate surface area is 155 Å². The minimum absolute atomic E-state index is 0.0413. The van der Waals surface area contributed by atoms with E-state index < -0.39 is 22.9 Å². The first-order valence-corrected chi connectivity index (χ1v) is 8.39. The summed E-state index contributed by atoms with van der Waals surface area (Å²) < 4.78 is 43.6. The lowest BCUT2D eigenvalue weighted by molar-refractivity contribution is -0.137. The van der Waals surface area contributed by atoms with Crippen molar-refractivity contribution in [2.24, 2.45) is 0 Å². The van der Waals surface area contributed by atoms with Crippen LogP contribution < -0.4 is 10.1 Å². The Morgan fingerprint density at radius 2 is 1.81 bits per heavy atom. The number of halogens is 3. The average Bonchev–Trinajstić information content (AvgIpc) is 2.88. The van der Waals surface area contributed by atoms with Crippen molar-refractivity contribution in [3.05, 3.63) is 58.0 Å². The summed E-state index contributed by atoms with van der Waals surface area (Å²) in [5.74, 6) is -0.580. The first kappa shape index (κ1) is 18.8. The number of amides is 2. The fraction of sp³-hybridized carbons (Fsp3) is 0.111. The summed E-state index contributed by atoms with van der Waals surface area (Å²) in [4.78, 5) is 22.9. The van der Waals surface area contributed by atoms with Gasteiger partial charge in [0.1, 0.15) is 5.75 Å². The molecule has 27 heavy (non-hydrogen) atoms. The van der Waals surface area contributed by atoms with Crippen LogP contribution in [-0.4, -0.2) is 16.3 Å². The van der Waals surface area contributed by atoms with E-state index in [1.807, 2.05) is 0 Å².